The Morgan fingerprint density at radius 1 is 1.13 bits per heavy atom. The van der Waals surface area contributed by atoms with Crippen molar-refractivity contribution in [3.63, 3.8) is 0 Å². The molecule has 15 heavy (non-hydrogen) atoms. The van der Waals surface area contributed by atoms with Gasteiger partial charge in [-0.15, -0.1) is 0 Å². The van der Waals surface area contributed by atoms with Crippen LogP contribution in [-0.4, -0.2) is 35.4 Å². The normalized spacial score (nSPS) is 19.3. The summed E-state index contributed by atoms with van der Waals surface area (Å²) in [6.45, 7) is 5.12. The smallest absolute Gasteiger partial charge is 0.0451 e. The van der Waals surface area contributed by atoms with Gasteiger partial charge in [0, 0.05) is 37.7 Å². The lowest BCUT2D eigenvalue weighted by Crippen LogP contribution is -2.41. The highest BCUT2D eigenvalue weighted by Gasteiger charge is 2.15. The van der Waals surface area contributed by atoms with Crippen LogP contribution in [0, 0.1) is 0 Å². The van der Waals surface area contributed by atoms with E-state index >= 15 is 0 Å². The Morgan fingerprint density at radius 3 is 2.47 bits per heavy atom. The Hall–Kier alpha value is -0.220. The minimum atomic E-state index is 0.866. The van der Waals surface area contributed by atoms with Crippen LogP contribution in [0.5, 0.6) is 0 Å². The van der Waals surface area contributed by atoms with Crippen LogP contribution in [0.15, 0.2) is 24.3 Å². The standard InChI is InChI=1S/C11H15ClN2S/c12-11-4-2-1-3-10(11)9-13-5-7-14(15)8-6-13/h1-4,15H,5-9H2. The van der Waals surface area contributed by atoms with Gasteiger partial charge in [0.15, 0.2) is 0 Å². The van der Waals surface area contributed by atoms with E-state index in [2.05, 4.69) is 28.1 Å². The average Bonchev–Trinajstić information content (AvgIpc) is 2.25. The second-order valence-electron chi connectivity index (χ2n) is 3.82. The fraction of sp³-hybridized carbons (Fsp3) is 0.455. The maximum Gasteiger partial charge on any atom is 0.0451 e. The first-order chi connectivity index (χ1) is 7.25. The minimum Gasteiger partial charge on any atom is -0.296 e. The first kappa shape index (κ1) is 11.3. The minimum absolute atomic E-state index is 0.866. The lowest BCUT2D eigenvalue weighted by atomic mass is 10.2. The van der Waals surface area contributed by atoms with Crippen LogP contribution in [0.4, 0.5) is 0 Å². The summed E-state index contributed by atoms with van der Waals surface area (Å²) in [6.07, 6.45) is 0. The second kappa shape index (κ2) is 5.21. The van der Waals surface area contributed by atoms with E-state index in [4.69, 9.17) is 11.6 Å². The molecule has 1 aliphatic rings. The summed E-state index contributed by atoms with van der Waals surface area (Å²) in [5, 5.41) is 0.866. The van der Waals surface area contributed by atoms with Gasteiger partial charge in [0.1, 0.15) is 0 Å². The lowest BCUT2D eigenvalue weighted by molar-refractivity contribution is 0.190. The van der Waals surface area contributed by atoms with Gasteiger partial charge in [0.25, 0.3) is 0 Å². The zero-order valence-corrected chi connectivity index (χ0v) is 10.2. The van der Waals surface area contributed by atoms with E-state index in [-0.39, 0.29) is 0 Å². The molecule has 0 N–H and O–H groups in total. The molecule has 2 rings (SSSR count). The van der Waals surface area contributed by atoms with Gasteiger partial charge in [-0.1, -0.05) is 42.6 Å². The number of piperazine rings is 1. The summed E-state index contributed by atoms with van der Waals surface area (Å²) in [4.78, 5) is 2.41. The third-order valence-corrected chi connectivity index (χ3v) is 3.47. The van der Waals surface area contributed by atoms with Crippen molar-refractivity contribution in [2.45, 2.75) is 6.54 Å². The molecule has 1 aromatic carbocycles. The van der Waals surface area contributed by atoms with E-state index in [1.165, 1.54) is 5.56 Å². The first-order valence-corrected chi connectivity index (χ1v) is 5.93. The van der Waals surface area contributed by atoms with E-state index in [0.717, 1.165) is 37.7 Å². The molecule has 4 heteroatoms. The summed E-state index contributed by atoms with van der Waals surface area (Å²) in [6, 6.07) is 8.05. The molecule has 0 saturated carbocycles. The molecular weight excluding hydrogens is 228 g/mol. The molecule has 0 spiro atoms. The molecule has 1 aliphatic heterocycles. The number of nitrogens with zero attached hydrogens (tertiary/aromatic N) is 2. The predicted octanol–water partition coefficient (Wildman–Crippen LogP) is 2.30. The van der Waals surface area contributed by atoms with Crippen LogP contribution in [0.2, 0.25) is 5.02 Å². The monoisotopic (exact) mass is 242 g/mol. The molecule has 82 valence electrons. The van der Waals surface area contributed by atoms with Gasteiger partial charge >= 0.3 is 0 Å². The highest BCUT2D eigenvalue weighted by atomic mass is 35.5. The van der Waals surface area contributed by atoms with Crippen molar-refractivity contribution in [3.8, 4) is 0 Å². The van der Waals surface area contributed by atoms with E-state index in [9.17, 15) is 0 Å². The maximum atomic E-state index is 6.12. The quantitative estimate of drug-likeness (QED) is 0.796. The zero-order chi connectivity index (χ0) is 10.7. The van der Waals surface area contributed by atoms with Crippen LogP contribution in [-0.2, 0) is 6.54 Å². The number of hydrogen-bond acceptors (Lipinski definition) is 3. The molecule has 0 unspecified atom stereocenters. The highest BCUT2D eigenvalue weighted by Crippen LogP contribution is 2.17. The highest BCUT2D eigenvalue weighted by molar-refractivity contribution is 7.77. The molecular formula is C11H15ClN2S. The van der Waals surface area contributed by atoms with Crippen LogP contribution >= 0.6 is 24.4 Å². The topological polar surface area (TPSA) is 6.48 Å². The molecule has 1 fully saturated rings. The van der Waals surface area contributed by atoms with Crippen molar-refractivity contribution in [1.29, 1.82) is 0 Å². The predicted molar refractivity (Wildman–Crippen MR) is 67.3 cm³/mol. The Balaban J connectivity index is 1.95. The Kier molecular flexibility index (Phi) is 3.92. The van der Waals surface area contributed by atoms with Crippen molar-refractivity contribution >= 4 is 24.4 Å². The summed E-state index contributed by atoms with van der Waals surface area (Å²) in [5.41, 5.74) is 1.21. The van der Waals surface area contributed by atoms with Crippen LogP contribution in [0.1, 0.15) is 5.56 Å². The number of thiol groups is 1. The van der Waals surface area contributed by atoms with Crippen molar-refractivity contribution < 1.29 is 0 Å². The van der Waals surface area contributed by atoms with E-state index < -0.39 is 0 Å². The van der Waals surface area contributed by atoms with Gasteiger partial charge in [-0.2, -0.15) is 0 Å². The van der Waals surface area contributed by atoms with Crippen molar-refractivity contribution in [2.75, 3.05) is 26.2 Å². The number of halogens is 1. The van der Waals surface area contributed by atoms with E-state index in [1.54, 1.807) is 0 Å². The number of rotatable bonds is 2. The zero-order valence-electron chi connectivity index (χ0n) is 8.56. The third kappa shape index (κ3) is 3.11. The van der Waals surface area contributed by atoms with Gasteiger partial charge in [-0.05, 0) is 11.6 Å². The Bertz CT molecular complexity index is 324. The average molecular weight is 243 g/mol. The third-order valence-electron chi connectivity index (χ3n) is 2.70. The van der Waals surface area contributed by atoms with Gasteiger partial charge in [-0.25, -0.2) is 0 Å². The summed E-state index contributed by atoms with van der Waals surface area (Å²) in [5.74, 6) is 0. The number of hydrogen-bond donors (Lipinski definition) is 1. The SMILES string of the molecule is SN1CCN(Cc2ccccc2Cl)CC1. The van der Waals surface area contributed by atoms with E-state index in [1.807, 2.05) is 18.2 Å². The largest absolute Gasteiger partial charge is 0.296 e. The fourth-order valence-corrected chi connectivity index (χ4v) is 2.14. The summed E-state index contributed by atoms with van der Waals surface area (Å²) < 4.78 is 2.06. The van der Waals surface area contributed by atoms with Crippen molar-refractivity contribution in [3.05, 3.63) is 34.9 Å². The summed E-state index contributed by atoms with van der Waals surface area (Å²) in [7, 11) is 0. The van der Waals surface area contributed by atoms with Gasteiger partial charge in [0.05, 0.1) is 0 Å². The molecule has 0 atom stereocenters. The molecule has 1 aromatic rings. The van der Waals surface area contributed by atoms with E-state index in [0.29, 0.717) is 0 Å². The molecule has 1 heterocycles. The molecule has 0 aromatic heterocycles. The first-order valence-electron chi connectivity index (χ1n) is 5.15. The van der Waals surface area contributed by atoms with Crippen molar-refractivity contribution in [2.24, 2.45) is 0 Å². The molecule has 2 nitrogen and oxygen atoms in total. The molecule has 0 amide bonds. The number of benzene rings is 1. The lowest BCUT2D eigenvalue weighted by Gasteiger charge is -2.31. The molecule has 0 radical (unpaired) electrons. The van der Waals surface area contributed by atoms with Crippen LogP contribution < -0.4 is 0 Å². The second-order valence-corrected chi connectivity index (χ2v) is 4.79. The molecule has 1 saturated heterocycles. The fourth-order valence-electron chi connectivity index (χ4n) is 1.76. The maximum absolute atomic E-state index is 6.12. The Labute approximate surface area is 101 Å². The van der Waals surface area contributed by atoms with Crippen LogP contribution in [0.3, 0.4) is 0 Å². The van der Waals surface area contributed by atoms with Gasteiger partial charge in [0.2, 0.25) is 0 Å². The van der Waals surface area contributed by atoms with Gasteiger partial charge in [-0.3, -0.25) is 9.21 Å². The van der Waals surface area contributed by atoms with Gasteiger partial charge < -0.3 is 0 Å². The Morgan fingerprint density at radius 2 is 1.80 bits per heavy atom. The summed E-state index contributed by atoms with van der Waals surface area (Å²) >= 11 is 10.4. The van der Waals surface area contributed by atoms with Crippen LogP contribution in [0.25, 0.3) is 0 Å². The van der Waals surface area contributed by atoms with Crippen molar-refractivity contribution in [1.82, 2.24) is 9.21 Å². The molecule has 0 bridgehead atoms. The molecule has 0 aliphatic carbocycles.